The van der Waals surface area contributed by atoms with Gasteiger partial charge in [-0.05, 0) is 25.0 Å². The van der Waals surface area contributed by atoms with Crippen molar-refractivity contribution in [2.45, 2.75) is 44.1 Å². The Morgan fingerprint density at radius 1 is 1.30 bits per heavy atom. The maximum absolute atomic E-state index is 13.8. The van der Waals surface area contributed by atoms with Crippen LogP contribution in [0, 0.1) is 17.1 Å². The van der Waals surface area contributed by atoms with Crippen LogP contribution in [0.25, 0.3) is 0 Å². The number of nitrogens with zero attached hydrogens (tertiary/aromatic N) is 1. The molecule has 1 N–H and O–H groups in total. The predicted octanol–water partition coefficient (Wildman–Crippen LogP) is 3.83. The number of carbonyl (C=O) groups excluding carboxylic acids is 1. The van der Waals surface area contributed by atoms with Crippen LogP contribution in [0.4, 0.5) is 4.39 Å². The first-order valence-electron chi connectivity index (χ1n) is 6.76. The Balaban J connectivity index is 2.21. The Morgan fingerprint density at radius 3 is 2.55 bits per heavy atom. The van der Waals surface area contributed by atoms with Crippen LogP contribution in [0.5, 0.6) is 0 Å². The number of nitrogens with one attached hydrogen (secondary N) is 1. The predicted molar refractivity (Wildman–Crippen MR) is 74.9 cm³/mol. The summed E-state index contributed by atoms with van der Waals surface area (Å²) >= 11 is 5.68. The summed E-state index contributed by atoms with van der Waals surface area (Å²) in [6, 6.07) is 6.49. The van der Waals surface area contributed by atoms with Gasteiger partial charge in [0, 0.05) is 0 Å². The molecule has 1 aliphatic rings. The normalized spacial score (nSPS) is 17.9. The molecule has 1 saturated carbocycles. The summed E-state index contributed by atoms with van der Waals surface area (Å²) in [7, 11) is 0. The molecule has 0 unspecified atom stereocenters. The lowest BCUT2D eigenvalue weighted by molar-refractivity contribution is 0.0909. The van der Waals surface area contributed by atoms with Crippen molar-refractivity contribution in [1.82, 2.24) is 5.32 Å². The fourth-order valence-corrected chi connectivity index (χ4v) is 2.74. The molecule has 0 saturated heterocycles. The second kappa shape index (κ2) is 6.23. The van der Waals surface area contributed by atoms with Crippen LogP contribution in [-0.4, -0.2) is 11.4 Å². The van der Waals surface area contributed by atoms with Gasteiger partial charge in [0.15, 0.2) is 5.82 Å². The van der Waals surface area contributed by atoms with Crippen molar-refractivity contribution in [3.05, 3.63) is 34.6 Å². The second-order valence-electron chi connectivity index (χ2n) is 5.16. The molecule has 0 aromatic heterocycles. The summed E-state index contributed by atoms with van der Waals surface area (Å²) in [6.45, 7) is 0. The minimum atomic E-state index is -0.887. The van der Waals surface area contributed by atoms with Gasteiger partial charge in [-0.25, -0.2) is 4.39 Å². The van der Waals surface area contributed by atoms with Crippen LogP contribution in [0.1, 0.15) is 48.9 Å². The largest absolute Gasteiger partial charge is 0.334 e. The van der Waals surface area contributed by atoms with Gasteiger partial charge in [0.1, 0.15) is 5.54 Å². The van der Waals surface area contributed by atoms with Crippen LogP contribution < -0.4 is 5.32 Å². The number of nitriles is 1. The number of benzene rings is 1. The highest BCUT2D eigenvalue weighted by molar-refractivity contribution is 6.31. The fraction of sp³-hybridized carbons (Fsp3) is 0.467. The SMILES string of the molecule is N#CC1(NC(=O)c2cccc(Cl)c2F)CCCCCC1. The quantitative estimate of drug-likeness (QED) is 0.843. The summed E-state index contributed by atoms with van der Waals surface area (Å²) < 4.78 is 13.8. The lowest BCUT2D eigenvalue weighted by Gasteiger charge is -2.26. The maximum Gasteiger partial charge on any atom is 0.255 e. The number of hydrogen-bond acceptors (Lipinski definition) is 2. The molecule has 20 heavy (non-hydrogen) atoms. The van der Waals surface area contributed by atoms with Gasteiger partial charge in [0.2, 0.25) is 0 Å². The molecule has 106 valence electrons. The first kappa shape index (κ1) is 14.8. The second-order valence-corrected chi connectivity index (χ2v) is 5.57. The highest BCUT2D eigenvalue weighted by Gasteiger charge is 2.33. The van der Waals surface area contributed by atoms with Crippen LogP contribution in [0.2, 0.25) is 5.02 Å². The van der Waals surface area contributed by atoms with Crippen LogP contribution >= 0.6 is 11.6 Å². The average molecular weight is 295 g/mol. The Hall–Kier alpha value is -1.60. The minimum absolute atomic E-state index is 0.0930. The van der Waals surface area contributed by atoms with E-state index in [1.807, 2.05) is 0 Å². The highest BCUT2D eigenvalue weighted by atomic mass is 35.5. The molecule has 0 radical (unpaired) electrons. The van der Waals surface area contributed by atoms with Gasteiger partial charge in [-0.2, -0.15) is 5.26 Å². The summed E-state index contributed by atoms with van der Waals surface area (Å²) in [4.78, 5) is 12.2. The van der Waals surface area contributed by atoms with Crippen molar-refractivity contribution in [2.24, 2.45) is 0 Å². The van der Waals surface area contributed by atoms with Crippen molar-refractivity contribution in [2.75, 3.05) is 0 Å². The monoisotopic (exact) mass is 294 g/mol. The van der Waals surface area contributed by atoms with Gasteiger partial charge < -0.3 is 5.32 Å². The first-order chi connectivity index (χ1) is 9.58. The standard InChI is InChI=1S/C15H16ClFN2O/c16-12-7-5-6-11(13(12)17)14(20)19-15(10-18)8-3-1-2-4-9-15/h5-7H,1-4,8-9H2,(H,19,20). The van der Waals surface area contributed by atoms with Crippen LogP contribution in [0.3, 0.4) is 0 Å². The zero-order chi connectivity index (χ0) is 14.6. The first-order valence-corrected chi connectivity index (χ1v) is 7.13. The third-order valence-electron chi connectivity index (χ3n) is 3.72. The van der Waals surface area contributed by atoms with Crippen LogP contribution in [-0.2, 0) is 0 Å². The minimum Gasteiger partial charge on any atom is -0.334 e. The smallest absolute Gasteiger partial charge is 0.255 e. The molecule has 2 rings (SSSR count). The lowest BCUT2D eigenvalue weighted by Crippen LogP contribution is -2.47. The van der Waals surface area contributed by atoms with Gasteiger partial charge in [0.25, 0.3) is 5.91 Å². The van der Waals surface area contributed by atoms with E-state index >= 15 is 0 Å². The topological polar surface area (TPSA) is 52.9 Å². The number of halogens is 2. The van der Waals surface area contributed by atoms with Gasteiger partial charge in [-0.1, -0.05) is 43.4 Å². The van der Waals surface area contributed by atoms with Crippen molar-refractivity contribution >= 4 is 17.5 Å². The zero-order valence-corrected chi connectivity index (χ0v) is 11.8. The number of amides is 1. The molecule has 1 aromatic carbocycles. The zero-order valence-electron chi connectivity index (χ0n) is 11.1. The molecule has 1 aromatic rings. The molecule has 0 atom stereocenters. The van der Waals surface area contributed by atoms with E-state index in [1.54, 1.807) is 0 Å². The lowest BCUT2D eigenvalue weighted by atomic mass is 9.91. The summed E-state index contributed by atoms with van der Waals surface area (Å²) in [6.07, 6.45) is 5.13. The Kier molecular flexibility index (Phi) is 4.61. The molecule has 1 fully saturated rings. The number of hydrogen-bond donors (Lipinski definition) is 1. The van der Waals surface area contributed by atoms with Gasteiger partial charge >= 0.3 is 0 Å². The number of carbonyl (C=O) groups is 1. The summed E-state index contributed by atoms with van der Waals surface area (Å²) in [5.41, 5.74) is -1.00. The van der Waals surface area contributed by atoms with E-state index in [0.29, 0.717) is 12.8 Å². The van der Waals surface area contributed by atoms with Crippen molar-refractivity contribution in [1.29, 1.82) is 5.26 Å². The van der Waals surface area contributed by atoms with E-state index in [-0.39, 0.29) is 10.6 Å². The van der Waals surface area contributed by atoms with E-state index in [4.69, 9.17) is 11.6 Å². The Morgan fingerprint density at radius 2 is 1.95 bits per heavy atom. The summed E-state index contributed by atoms with van der Waals surface area (Å²) in [5.74, 6) is -1.32. The molecule has 0 spiro atoms. The molecular weight excluding hydrogens is 279 g/mol. The number of rotatable bonds is 2. The molecule has 1 amide bonds. The van der Waals surface area contributed by atoms with E-state index in [2.05, 4.69) is 11.4 Å². The van der Waals surface area contributed by atoms with E-state index in [1.165, 1.54) is 18.2 Å². The fourth-order valence-electron chi connectivity index (χ4n) is 2.56. The van der Waals surface area contributed by atoms with E-state index in [9.17, 15) is 14.4 Å². The van der Waals surface area contributed by atoms with E-state index < -0.39 is 17.3 Å². The molecule has 0 aliphatic heterocycles. The van der Waals surface area contributed by atoms with Crippen molar-refractivity contribution < 1.29 is 9.18 Å². The molecule has 1 aliphatic carbocycles. The highest BCUT2D eigenvalue weighted by Crippen LogP contribution is 2.27. The average Bonchev–Trinajstić information content (AvgIpc) is 2.68. The Bertz CT molecular complexity index is 545. The van der Waals surface area contributed by atoms with Crippen molar-refractivity contribution in [3.8, 4) is 6.07 Å². The van der Waals surface area contributed by atoms with Gasteiger partial charge in [-0.3, -0.25) is 4.79 Å². The van der Waals surface area contributed by atoms with E-state index in [0.717, 1.165) is 25.7 Å². The van der Waals surface area contributed by atoms with Crippen molar-refractivity contribution in [3.63, 3.8) is 0 Å². The molecule has 3 nitrogen and oxygen atoms in total. The van der Waals surface area contributed by atoms with Gasteiger partial charge in [0.05, 0.1) is 16.7 Å². The maximum atomic E-state index is 13.8. The Labute approximate surface area is 122 Å². The third-order valence-corrected chi connectivity index (χ3v) is 4.01. The third kappa shape index (κ3) is 3.10. The molecule has 5 heteroatoms. The molecular formula is C15H16ClFN2O. The molecule has 0 heterocycles. The van der Waals surface area contributed by atoms with Gasteiger partial charge in [-0.15, -0.1) is 0 Å². The van der Waals surface area contributed by atoms with Crippen LogP contribution in [0.15, 0.2) is 18.2 Å². The summed E-state index contributed by atoms with van der Waals surface area (Å²) in [5, 5.41) is 12.0. The molecule has 0 bridgehead atoms.